The van der Waals surface area contributed by atoms with Crippen LogP contribution in [0.3, 0.4) is 0 Å². The van der Waals surface area contributed by atoms with Gasteiger partial charge in [0.25, 0.3) is 0 Å². The molecular weight excluding hydrogens is 482 g/mol. The third-order valence-electron chi connectivity index (χ3n) is 7.04. The zero-order chi connectivity index (χ0) is 25.5. The minimum atomic E-state index is -0.388. The molecule has 3 aromatic carbocycles. The van der Waals surface area contributed by atoms with E-state index in [2.05, 4.69) is 17.1 Å². The molecule has 0 unspecified atom stereocenters. The smallest absolute Gasteiger partial charge is 0.248 e. The van der Waals surface area contributed by atoms with Gasteiger partial charge in [-0.3, -0.25) is 4.79 Å². The predicted molar refractivity (Wildman–Crippen MR) is 149 cm³/mol. The van der Waals surface area contributed by atoms with Crippen molar-refractivity contribution in [1.29, 1.82) is 0 Å². The number of rotatable bonds is 4. The van der Waals surface area contributed by atoms with Crippen molar-refractivity contribution in [2.75, 3.05) is 20.9 Å². The number of nitrogens with one attached hydrogen (secondary N) is 1. The first-order valence-corrected chi connectivity index (χ1v) is 12.7. The molecule has 1 amide bonds. The van der Waals surface area contributed by atoms with Gasteiger partial charge in [0, 0.05) is 43.2 Å². The molecule has 0 fully saturated rings. The summed E-state index contributed by atoms with van der Waals surface area (Å²) in [6, 6.07) is 23.3. The predicted octanol–water partition coefficient (Wildman–Crippen LogP) is 5.34. The summed E-state index contributed by atoms with van der Waals surface area (Å²) in [5, 5.41) is 1.15. The first-order chi connectivity index (χ1) is 18.0. The second kappa shape index (κ2) is 9.41. The van der Waals surface area contributed by atoms with E-state index in [1.165, 1.54) is 5.56 Å². The fourth-order valence-electron chi connectivity index (χ4n) is 5.30. The van der Waals surface area contributed by atoms with E-state index in [1.807, 2.05) is 90.6 Å². The Balaban J connectivity index is 1.53. The molecule has 0 spiro atoms. The van der Waals surface area contributed by atoms with E-state index in [4.69, 9.17) is 21.7 Å². The lowest BCUT2D eigenvalue weighted by atomic mass is 9.87. The molecule has 2 aliphatic heterocycles. The van der Waals surface area contributed by atoms with Gasteiger partial charge >= 0.3 is 0 Å². The Morgan fingerprint density at radius 1 is 1.03 bits per heavy atom. The number of carbonyl (C=O) groups excluding carboxylic acids is 1. The Morgan fingerprint density at radius 3 is 2.59 bits per heavy atom. The van der Waals surface area contributed by atoms with Crippen molar-refractivity contribution in [1.82, 2.24) is 14.8 Å². The number of fused-ring (bicyclic) bond motifs is 4. The van der Waals surface area contributed by atoms with Crippen LogP contribution in [0.1, 0.15) is 28.4 Å². The number of nitrogens with zero attached hydrogens (tertiary/aromatic N) is 2. The lowest BCUT2D eigenvalue weighted by Gasteiger charge is -2.43. The van der Waals surface area contributed by atoms with E-state index in [-0.39, 0.29) is 24.8 Å². The fraction of sp³-hybridized carbons (Fsp3) is 0.200. The quantitative estimate of drug-likeness (QED) is 0.297. The van der Waals surface area contributed by atoms with Gasteiger partial charge in [0.15, 0.2) is 11.5 Å². The van der Waals surface area contributed by atoms with Gasteiger partial charge in [-0.2, -0.15) is 0 Å². The maximum atomic E-state index is 14.0. The van der Waals surface area contributed by atoms with Crippen LogP contribution in [0, 0.1) is 0 Å². The normalized spacial score (nSPS) is 18.3. The van der Waals surface area contributed by atoms with Crippen molar-refractivity contribution in [3.05, 3.63) is 101 Å². The van der Waals surface area contributed by atoms with Gasteiger partial charge in [-0.1, -0.05) is 66.8 Å². The van der Waals surface area contributed by atoms with Gasteiger partial charge in [0.05, 0.1) is 12.1 Å². The van der Waals surface area contributed by atoms with Crippen LogP contribution in [0.15, 0.2) is 78.9 Å². The minimum absolute atomic E-state index is 0.106. The van der Waals surface area contributed by atoms with E-state index in [1.54, 1.807) is 6.08 Å². The van der Waals surface area contributed by atoms with Gasteiger partial charge in [-0.25, -0.2) is 0 Å². The van der Waals surface area contributed by atoms with Crippen LogP contribution in [0.4, 0.5) is 0 Å². The molecular formula is C30H27N3O3S. The number of thiocarbonyl (C=S) groups is 1. The second-order valence-electron chi connectivity index (χ2n) is 9.52. The van der Waals surface area contributed by atoms with Gasteiger partial charge < -0.3 is 24.3 Å². The van der Waals surface area contributed by atoms with Crippen molar-refractivity contribution < 1.29 is 14.3 Å². The third kappa shape index (κ3) is 4.15. The molecule has 37 heavy (non-hydrogen) atoms. The van der Waals surface area contributed by atoms with Gasteiger partial charge in [-0.15, -0.1) is 0 Å². The lowest BCUT2D eigenvalue weighted by Crippen LogP contribution is -2.53. The average molecular weight is 510 g/mol. The van der Waals surface area contributed by atoms with Crippen molar-refractivity contribution in [2.24, 2.45) is 0 Å². The zero-order valence-electron chi connectivity index (χ0n) is 20.7. The summed E-state index contributed by atoms with van der Waals surface area (Å²) in [6.45, 7) is 0.191. The minimum Gasteiger partial charge on any atom is -0.454 e. The molecule has 6 rings (SSSR count). The molecule has 0 saturated carbocycles. The van der Waals surface area contributed by atoms with E-state index in [0.717, 1.165) is 27.7 Å². The second-order valence-corrected chi connectivity index (χ2v) is 9.94. The Kier molecular flexibility index (Phi) is 5.93. The first-order valence-electron chi connectivity index (χ1n) is 12.3. The maximum Gasteiger partial charge on any atom is 0.248 e. The van der Waals surface area contributed by atoms with Crippen LogP contribution in [-0.4, -0.2) is 52.6 Å². The van der Waals surface area contributed by atoms with E-state index in [9.17, 15) is 4.79 Å². The molecule has 1 aromatic heterocycles. The summed E-state index contributed by atoms with van der Waals surface area (Å²) < 4.78 is 11.3. The number of carbonyl (C=O) groups is 1. The molecule has 0 saturated heterocycles. The highest BCUT2D eigenvalue weighted by Gasteiger charge is 2.42. The fourth-order valence-corrected chi connectivity index (χ4v) is 5.50. The molecule has 0 aliphatic carbocycles. The number of hydrogen-bond donors (Lipinski definition) is 1. The number of amides is 1. The van der Waals surface area contributed by atoms with Crippen LogP contribution in [0.25, 0.3) is 17.0 Å². The number of likely N-dealkylation sites (N-methyl/N-ethyl adjacent to an activating group) is 1. The summed E-state index contributed by atoms with van der Waals surface area (Å²) in [7, 11) is 3.87. The largest absolute Gasteiger partial charge is 0.454 e. The third-order valence-corrected chi connectivity index (χ3v) is 7.68. The summed E-state index contributed by atoms with van der Waals surface area (Å²) in [6.07, 6.45) is 4.13. The molecule has 7 heteroatoms. The Hall–Kier alpha value is -4.10. The number of H-pyrrole nitrogens is 1. The van der Waals surface area contributed by atoms with Gasteiger partial charge in [-0.05, 0) is 41.0 Å². The highest BCUT2D eigenvalue weighted by atomic mass is 32.1. The van der Waals surface area contributed by atoms with E-state index >= 15 is 0 Å². The lowest BCUT2D eigenvalue weighted by molar-refractivity contribution is -0.129. The standard InChI is InChI=1S/C30H27N3O3S/c1-32(2)30(37)24-17-22-21-10-6-7-11-23(21)31-28(22)29(20-13-14-25-26(16-20)36-18-35-25)33(24)27(34)15-12-19-8-4-3-5-9-19/h3-16,24,29,31H,17-18H2,1-2H3/b15-12+/t24-,29-/m1/s1. The van der Waals surface area contributed by atoms with Crippen LogP contribution in [0.5, 0.6) is 11.5 Å². The number of para-hydroxylation sites is 1. The molecule has 0 radical (unpaired) electrons. The summed E-state index contributed by atoms with van der Waals surface area (Å²) in [5.41, 5.74) is 5.13. The molecule has 186 valence electrons. The van der Waals surface area contributed by atoms with Crippen LogP contribution < -0.4 is 9.47 Å². The summed E-state index contributed by atoms with van der Waals surface area (Å²) >= 11 is 5.93. The highest BCUT2D eigenvalue weighted by molar-refractivity contribution is 7.80. The number of aromatic amines is 1. The number of hydrogen-bond acceptors (Lipinski definition) is 4. The van der Waals surface area contributed by atoms with Crippen molar-refractivity contribution >= 4 is 40.1 Å². The van der Waals surface area contributed by atoms with Gasteiger partial charge in [0.2, 0.25) is 12.7 Å². The zero-order valence-corrected chi connectivity index (χ0v) is 21.5. The van der Waals surface area contributed by atoms with Crippen molar-refractivity contribution in [2.45, 2.75) is 18.5 Å². The van der Waals surface area contributed by atoms with Crippen LogP contribution in [0.2, 0.25) is 0 Å². The molecule has 2 atom stereocenters. The molecule has 1 N–H and O–H groups in total. The first kappa shape index (κ1) is 23.3. The van der Waals surface area contributed by atoms with Crippen LogP contribution >= 0.6 is 12.2 Å². The molecule has 0 bridgehead atoms. The van der Waals surface area contributed by atoms with Crippen LogP contribution in [-0.2, 0) is 11.2 Å². The topological polar surface area (TPSA) is 57.8 Å². The number of benzene rings is 3. The summed E-state index contributed by atoms with van der Waals surface area (Å²) in [4.78, 5) is 22.2. The maximum absolute atomic E-state index is 14.0. The number of aromatic nitrogens is 1. The molecule has 4 aromatic rings. The monoisotopic (exact) mass is 509 g/mol. The van der Waals surface area contributed by atoms with Crippen molar-refractivity contribution in [3.8, 4) is 11.5 Å². The Bertz CT molecular complexity index is 1530. The van der Waals surface area contributed by atoms with E-state index < -0.39 is 0 Å². The highest BCUT2D eigenvalue weighted by Crippen LogP contribution is 2.44. The molecule has 3 heterocycles. The Labute approximate surface area is 221 Å². The Morgan fingerprint density at radius 2 is 1.78 bits per heavy atom. The average Bonchev–Trinajstić information content (AvgIpc) is 3.54. The van der Waals surface area contributed by atoms with Gasteiger partial charge in [0.1, 0.15) is 4.99 Å². The van der Waals surface area contributed by atoms with Crippen molar-refractivity contribution in [3.63, 3.8) is 0 Å². The molecule has 6 nitrogen and oxygen atoms in total. The SMILES string of the molecule is CN(C)C(=S)[C@H]1Cc2c([nH]c3ccccc23)[C@@H](c2ccc3c(c2)OCO3)N1C(=O)/C=C/c1ccccc1. The van der Waals surface area contributed by atoms with E-state index in [0.29, 0.717) is 22.9 Å². The summed E-state index contributed by atoms with van der Waals surface area (Å²) in [5.74, 6) is 1.28. The number of ether oxygens (including phenoxy) is 2. The molecule has 2 aliphatic rings.